The summed E-state index contributed by atoms with van der Waals surface area (Å²) in [6.07, 6.45) is 1.87. The molecule has 0 atom stereocenters. The van der Waals surface area contributed by atoms with Crippen LogP contribution in [-0.4, -0.2) is 26.6 Å². The standard InChI is InChI=1S/C7H15O3/c1-2-4-9-5-3-6-10-7-8/h2-7H2,1H3. The van der Waals surface area contributed by atoms with E-state index in [2.05, 4.69) is 11.7 Å². The van der Waals surface area contributed by atoms with Crippen LogP contribution in [0.5, 0.6) is 0 Å². The molecule has 0 amide bonds. The molecule has 0 rings (SSSR count). The normalized spacial score (nSPS) is 10.2. The number of hydrogen-bond acceptors (Lipinski definition) is 2. The van der Waals surface area contributed by atoms with Crippen LogP contribution < -0.4 is 0 Å². The highest BCUT2D eigenvalue weighted by Gasteiger charge is 1.87. The molecule has 0 unspecified atom stereocenters. The third-order valence-electron chi connectivity index (χ3n) is 1.01. The molecular formula is C7H15O3. The zero-order chi connectivity index (χ0) is 7.66. The van der Waals surface area contributed by atoms with E-state index in [1.54, 1.807) is 0 Å². The Morgan fingerprint density at radius 1 is 1.10 bits per heavy atom. The smallest absolute Gasteiger partial charge is 0.180 e. The van der Waals surface area contributed by atoms with E-state index < -0.39 is 6.79 Å². The van der Waals surface area contributed by atoms with Gasteiger partial charge in [-0.15, -0.1) is 0 Å². The Bertz CT molecular complexity index is 48.8. The molecule has 0 spiro atoms. The molecule has 0 N–H and O–H groups in total. The van der Waals surface area contributed by atoms with Gasteiger partial charge in [0.25, 0.3) is 0 Å². The van der Waals surface area contributed by atoms with Crippen molar-refractivity contribution in [3.05, 3.63) is 0 Å². The molecule has 0 saturated heterocycles. The molecular weight excluding hydrogens is 132 g/mol. The average Bonchev–Trinajstić information content (AvgIpc) is 1.97. The van der Waals surface area contributed by atoms with Crippen LogP contribution in [0.4, 0.5) is 0 Å². The molecule has 61 valence electrons. The fourth-order valence-electron chi connectivity index (χ4n) is 0.568. The zero-order valence-corrected chi connectivity index (χ0v) is 6.47. The van der Waals surface area contributed by atoms with Crippen molar-refractivity contribution < 1.29 is 14.6 Å². The lowest BCUT2D eigenvalue weighted by atomic mass is 10.5. The molecule has 0 aromatic heterocycles. The first-order chi connectivity index (χ1) is 4.91. The van der Waals surface area contributed by atoms with E-state index in [4.69, 9.17) is 4.74 Å². The molecule has 1 radical (unpaired) electrons. The molecule has 3 nitrogen and oxygen atoms in total. The van der Waals surface area contributed by atoms with Gasteiger partial charge in [0.05, 0.1) is 6.61 Å². The largest absolute Gasteiger partial charge is 0.381 e. The van der Waals surface area contributed by atoms with Crippen LogP contribution in [0.1, 0.15) is 19.8 Å². The minimum Gasteiger partial charge on any atom is -0.381 e. The summed E-state index contributed by atoms with van der Waals surface area (Å²) in [5.41, 5.74) is 0. The predicted molar refractivity (Wildman–Crippen MR) is 37.2 cm³/mol. The lowest BCUT2D eigenvalue weighted by molar-refractivity contribution is -0.0491. The molecule has 10 heavy (non-hydrogen) atoms. The van der Waals surface area contributed by atoms with Gasteiger partial charge in [0.1, 0.15) is 0 Å². The van der Waals surface area contributed by atoms with Crippen LogP contribution in [0.25, 0.3) is 0 Å². The van der Waals surface area contributed by atoms with E-state index in [0.29, 0.717) is 13.2 Å². The van der Waals surface area contributed by atoms with Gasteiger partial charge < -0.3 is 9.47 Å². The van der Waals surface area contributed by atoms with E-state index in [1.165, 1.54) is 0 Å². The Labute approximate surface area is 62.0 Å². The molecule has 0 aliphatic heterocycles. The van der Waals surface area contributed by atoms with Crippen molar-refractivity contribution in [2.75, 3.05) is 26.6 Å². The first-order valence-electron chi connectivity index (χ1n) is 3.65. The van der Waals surface area contributed by atoms with Gasteiger partial charge in [-0.2, -0.15) is 0 Å². The lowest BCUT2D eigenvalue weighted by Gasteiger charge is -2.00. The second-order valence-corrected chi connectivity index (χ2v) is 1.99. The molecule has 0 aliphatic carbocycles. The molecule has 0 heterocycles. The summed E-state index contributed by atoms with van der Waals surface area (Å²) in [6.45, 7) is 3.65. The molecule has 0 aromatic carbocycles. The fourth-order valence-corrected chi connectivity index (χ4v) is 0.568. The molecule has 0 saturated carbocycles. The highest BCUT2D eigenvalue weighted by Crippen LogP contribution is 1.85. The minimum atomic E-state index is -0.437. The molecule has 0 bridgehead atoms. The number of rotatable bonds is 7. The average molecular weight is 147 g/mol. The van der Waals surface area contributed by atoms with Gasteiger partial charge >= 0.3 is 0 Å². The fraction of sp³-hybridized carbons (Fsp3) is 1.00. The van der Waals surface area contributed by atoms with Crippen molar-refractivity contribution in [1.29, 1.82) is 0 Å². The van der Waals surface area contributed by atoms with Crippen molar-refractivity contribution in [3.8, 4) is 0 Å². The minimum absolute atomic E-state index is 0.437. The van der Waals surface area contributed by atoms with Gasteiger partial charge in [0.15, 0.2) is 6.79 Å². The maximum Gasteiger partial charge on any atom is 0.180 e. The summed E-state index contributed by atoms with van der Waals surface area (Å²) in [5.74, 6) is 0. The summed E-state index contributed by atoms with van der Waals surface area (Å²) >= 11 is 0. The summed E-state index contributed by atoms with van der Waals surface area (Å²) in [5, 5.41) is 9.76. The van der Waals surface area contributed by atoms with E-state index in [-0.39, 0.29) is 0 Å². The van der Waals surface area contributed by atoms with Gasteiger partial charge in [-0.05, 0) is 12.8 Å². The van der Waals surface area contributed by atoms with Crippen LogP contribution >= 0.6 is 0 Å². The van der Waals surface area contributed by atoms with Gasteiger partial charge in [-0.3, -0.25) is 0 Å². The van der Waals surface area contributed by atoms with Crippen LogP contribution in [0.3, 0.4) is 0 Å². The van der Waals surface area contributed by atoms with Gasteiger partial charge in [0.2, 0.25) is 0 Å². The van der Waals surface area contributed by atoms with Crippen molar-refractivity contribution in [2.24, 2.45) is 0 Å². The first-order valence-corrected chi connectivity index (χ1v) is 3.65. The molecule has 0 aliphatic rings. The second kappa shape index (κ2) is 8.88. The first kappa shape index (κ1) is 9.88. The highest BCUT2D eigenvalue weighted by molar-refractivity contribution is 4.32. The predicted octanol–water partition coefficient (Wildman–Crippen LogP) is 1.21. The van der Waals surface area contributed by atoms with E-state index in [9.17, 15) is 5.11 Å². The monoisotopic (exact) mass is 147 g/mol. The van der Waals surface area contributed by atoms with E-state index in [0.717, 1.165) is 19.4 Å². The Morgan fingerprint density at radius 2 is 1.80 bits per heavy atom. The van der Waals surface area contributed by atoms with Gasteiger partial charge in [-0.1, -0.05) is 6.92 Å². The quantitative estimate of drug-likeness (QED) is 0.401. The highest BCUT2D eigenvalue weighted by atomic mass is 16.6. The van der Waals surface area contributed by atoms with E-state index in [1.807, 2.05) is 0 Å². The number of hydrogen-bond donors (Lipinski definition) is 0. The molecule has 0 fully saturated rings. The zero-order valence-electron chi connectivity index (χ0n) is 6.47. The molecule has 3 heteroatoms. The van der Waals surface area contributed by atoms with Crippen LogP contribution in [0.15, 0.2) is 0 Å². The summed E-state index contributed by atoms with van der Waals surface area (Å²) in [4.78, 5) is 0. The van der Waals surface area contributed by atoms with Gasteiger partial charge in [-0.25, -0.2) is 5.11 Å². The maximum atomic E-state index is 9.76. The van der Waals surface area contributed by atoms with E-state index >= 15 is 0 Å². The topological polar surface area (TPSA) is 38.4 Å². The summed E-state index contributed by atoms with van der Waals surface area (Å²) in [6, 6.07) is 0. The van der Waals surface area contributed by atoms with Crippen molar-refractivity contribution in [2.45, 2.75) is 19.8 Å². The number of ether oxygens (including phenoxy) is 2. The summed E-state index contributed by atoms with van der Waals surface area (Å²) < 4.78 is 9.73. The Morgan fingerprint density at radius 3 is 2.40 bits per heavy atom. The SMILES string of the molecule is CCCOCCCOC[O]. The van der Waals surface area contributed by atoms with Crippen molar-refractivity contribution >= 4 is 0 Å². The summed E-state index contributed by atoms with van der Waals surface area (Å²) in [7, 11) is 0. The Balaban J connectivity index is 2.65. The molecule has 0 aromatic rings. The Kier molecular flexibility index (Phi) is 8.77. The lowest BCUT2D eigenvalue weighted by Crippen LogP contribution is -2.01. The van der Waals surface area contributed by atoms with Gasteiger partial charge in [0, 0.05) is 13.2 Å². The van der Waals surface area contributed by atoms with Crippen molar-refractivity contribution in [3.63, 3.8) is 0 Å². The van der Waals surface area contributed by atoms with Crippen molar-refractivity contribution in [1.82, 2.24) is 0 Å². The Hall–Kier alpha value is -0.120. The third kappa shape index (κ3) is 7.88. The van der Waals surface area contributed by atoms with Crippen LogP contribution in [0.2, 0.25) is 0 Å². The third-order valence-corrected chi connectivity index (χ3v) is 1.01. The maximum absolute atomic E-state index is 9.76. The second-order valence-electron chi connectivity index (χ2n) is 1.99. The van der Waals surface area contributed by atoms with Crippen LogP contribution in [0, 0.1) is 0 Å². The van der Waals surface area contributed by atoms with Crippen LogP contribution in [-0.2, 0) is 14.6 Å².